The lowest BCUT2D eigenvalue weighted by atomic mass is 10.0. The molecule has 0 radical (unpaired) electrons. The fourth-order valence-corrected chi connectivity index (χ4v) is 3.53. The van der Waals surface area contributed by atoms with Crippen LogP contribution in [-0.2, 0) is 6.54 Å². The number of aryl methyl sites for hydroxylation is 1. The Morgan fingerprint density at radius 1 is 1.45 bits per heavy atom. The van der Waals surface area contributed by atoms with Gasteiger partial charge >= 0.3 is 0 Å². The van der Waals surface area contributed by atoms with E-state index in [0.29, 0.717) is 6.04 Å². The standard InChI is InChI=1S/C14H26BrN5/c1-4-6-20-14(11(15)9-17-20)13(16)12-10-18(2)7-5-8-19(12)3/h9,12-13H,4-8,10,16H2,1-3H3. The first-order valence-corrected chi connectivity index (χ1v) is 8.19. The van der Waals surface area contributed by atoms with E-state index in [4.69, 9.17) is 5.73 Å². The van der Waals surface area contributed by atoms with Gasteiger partial charge in [-0.15, -0.1) is 0 Å². The van der Waals surface area contributed by atoms with Crippen LogP contribution in [0.4, 0.5) is 0 Å². The van der Waals surface area contributed by atoms with Gasteiger partial charge in [0.1, 0.15) is 0 Å². The van der Waals surface area contributed by atoms with Crippen LogP contribution in [0.5, 0.6) is 0 Å². The Hall–Kier alpha value is -0.430. The van der Waals surface area contributed by atoms with E-state index in [0.717, 1.165) is 42.8 Å². The zero-order valence-electron chi connectivity index (χ0n) is 12.7. The van der Waals surface area contributed by atoms with Crippen molar-refractivity contribution in [2.75, 3.05) is 33.7 Å². The molecule has 2 N–H and O–H groups in total. The number of halogens is 1. The van der Waals surface area contributed by atoms with Crippen molar-refractivity contribution < 1.29 is 0 Å². The van der Waals surface area contributed by atoms with Crippen LogP contribution in [0.1, 0.15) is 31.5 Å². The van der Waals surface area contributed by atoms with Crippen molar-refractivity contribution in [2.24, 2.45) is 5.73 Å². The fraction of sp³-hybridized carbons (Fsp3) is 0.786. The molecule has 1 aromatic heterocycles. The summed E-state index contributed by atoms with van der Waals surface area (Å²) in [6.45, 7) is 6.32. The number of likely N-dealkylation sites (N-methyl/N-ethyl adjacent to an activating group) is 2. The molecule has 6 heteroatoms. The van der Waals surface area contributed by atoms with Crippen LogP contribution in [0.15, 0.2) is 10.7 Å². The van der Waals surface area contributed by atoms with Gasteiger partial charge in [-0.3, -0.25) is 4.68 Å². The maximum absolute atomic E-state index is 6.61. The van der Waals surface area contributed by atoms with E-state index >= 15 is 0 Å². The number of aromatic nitrogens is 2. The summed E-state index contributed by atoms with van der Waals surface area (Å²) >= 11 is 3.61. The minimum atomic E-state index is -0.0241. The Morgan fingerprint density at radius 3 is 2.90 bits per heavy atom. The molecule has 1 aliphatic heterocycles. The topological polar surface area (TPSA) is 50.3 Å². The summed E-state index contributed by atoms with van der Waals surface area (Å²) in [6.07, 6.45) is 4.13. The predicted octanol–water partition coefficient (Wildman–Crippen LogP) is 1.69. The van der Waals surface area contributed by atoms with E-state index < -0.39 is 0 Å². The Bertz CT molecular complexity index is 433. The number of nitrogens with two attached hydrogens (primary N) is 1. The SMILES string of the molecule is CCCn1ncc(Br)c1C(N)C1CN(C)CCCN1C. The highest BCUT2D eigenvalue weighted by Gasteiger charge is 2.30. The Morgan fingerprint density at radius 2 is 2.20 bits per heavy atom. The van der Waals surface area contributed by atoms with E-state index in [-0.39, 0.29) is 6.04 Å². The summed E-state index contributed by atoms with van der Waals surface area (Å²) in [7, 11) is 4.36. The van der Waals surface area contributed by atoms with Crippen molar-refractivity contribution in [3.8, 4) is 0 Å². The van der Waals surface area contributed by atoms with Crippen molar-refractivity contribution in [2.45, 2.75) is 38.4 Å². The molecule has 2 atom stereocenters. The number of rotatable bonds is 4. The fourth-order valence-electron chi connectivity index (χ4n) is 2.97. The molecule has 0 amide bonds. The van der Waals surface area contributed by atoms with E-state index in [9.17, 15) is 0 Å². The highest BCUT2D eigenvalue weighted by Crippen LogP contribution is 2.27. The molecule has 2 rings (SSSR count). The van der Waals surface area contributed by atoms with Gasteiger partial charge in [0.15, 0.2) is 0 Å². The van der Waals surface area contributed by atoms with Crippen LogP contribution >= 0.6 is 15.9 Å². The second-order valence-electron chi connectivity index (χ2n) is 5.79. The minimum Gasteiger partial charge on any atom is -0.321 e. The summed E-state index contributed by atoms with van der Waals surface area (Å²) in [6, 6.07) is 0.301. The van der Waals surface area contributed by atoms with E-state index in [1.807, 2.05) is 10.9 Å². The summed E-state index contributed by atoms with van der Waals surface area (Å²) in [5.41, 5.74) is 7.73. The number of hydrogen-bond acceptors (Lipinski definition) is 4. The second-order valence-corrected chi connectivity index (χ2v) is 6.64. The first-order chi connectivity index (χ1) is 9.54. The molecule has 1 aromatic rings. The molecule has 2 unspecified atom stereocenters. The molecule has 1 aliphatic rings. The molecule has 1 saturated heterocycles. The lowest BCUT2D eigenvalue weighted by molar-refractivity contribution is 0.192. The van der Waals surface area contributed by atoms with Gasteiger partial charge in [-0.1, -0.05) is 6.92 Å². The maximum atomic E-state index is 6.61. The molecular weight excluding hydrogens is 318 g/mol. The number of hydrogen-bond donors (Lipinski definition) is 1. The Balaban J connectivity index is 2.24. The summed E-state index contributed by atoms with van der Waals surface area (Å²) in [4.78, 5) is 4.77. The molecule has 114 valence electrons. The lowest BCUT2D eigenvalue weighted by Crippen LogP contribution is -2.46. The van der Waals surface area contributed by atoms with E-state index in [1.54, 1.807) is 0 Å². The molecule has 5 nitrogen and oxygen atoms in total. The van der Waals surface area contributed by atoms with Gasteiger partial charge in [0.05, 0.1) is 22.4 Å². The van der Waals surface area contributed by atoms with Crippen LogP contribution in [0, 0.1) is 0 Å². The van der Waals surface area contributed by atoms with Crippen molar-refractivity contribution in [3.05, 3.63) is 16.4 Å². The normalized spacial score (nSPS) is 23.8. The molecule has 0 aliphatic carbocycles. The molecular formula is C14H26BrN5. The van der Waals surface area contributed by atoms with Gasteiger partial charge in [-0.2, -0.15) is 5.10 Å². The smallest absolute Gasteiger partial charge is 0.0710 e. The van der Waals surface area contributed by atoms with Crippen LogP contribution in [-0.4, -0.2) is 59.4 Å². The Labute approximate surface area is 130 Å². The molecule has 0 saturated carbocycles. The van der Waals surface area contributed by atoms with Gasteiger partial charge in [-0.25, -0.2) is 0 Å². The van der Waals surface area contributed by atoms with Crippen LogP contribution < -0.4 is 5.73 Å². The first kappa shape index (κ1) is 15.9. The van der Waals surface area contributed by atoms with Gasteiger partial charge in [0.25, 0.3) is 0 Å². The van der Waals surface area contributed by atoms with Crippen molar-refractivity contribution in [1.29, 1.82) is 0 Å². The van der Waals surface area contributed by atoms with E-state index in [1.165, 1.54) is 6.42 Å². The average molecular weight is 344 g/mol. The third kappa shape index (κ3) is 3.42. The monoisotopic (exact) mass is 343 g/mol. The summed E-state index contributed by atoms with van der Waals surface area (Å²) in [5, 5.41) is 4.45. The van der Waals surface area contributed by atoms with Crippen molar-refractivity contribution in [3.63, 3.8) is 0 Å². The van der Waals surface area contributed by atoms with Crippen molar-refractivity contribution >= 4 is 15.9 Å². The average Bonchev–Trinajstić information content (AvgIpc) is 2.67. The molecule has 1 fully saturated rings. The molecule has 0 bridgehead atoms. The predicted molar refractivity (Wildman–Crippen MR) is 85.7 cm³/mol. The third-order valence-corrected chi connectivity index (χ3v) is 4.73. The quantitative estimate of drug-likeness (QED) is 0.903. The number of nitrogens with zero attached hydrogens (tertiary/aromatic N) is 4. The summed E-state index contributed by atoms with van der Waals surface area (Å²) in [5.74, 6) is 0. The van der Waals surface area contributed by atoms with Gasteiger partial charge in [0.2, 0.25) is 0 Å². The zero-order valence-corrected chi connectivity index (χ0v) is 14.3. The largest absolute Gasteiger partial charge is 0.321 e. The van der Waals surface area contributed by atoms with Crippen molar-refractivity contribution in [1.82, 2.24) is 19.6 Å². The van der Waals surface area contributed by atoms with Crippen LogP contribution in [0.3, 0.4) is 0 Å². The Kier molecular flexibility index (Phi) is 5.60. The van der Waals surface area contributed by atoms with E-state index in [2.05, 4.69) is 51.8 Å². The first-order valence-electron chi connectivity index (χ1n) is 7.40. The zero-order chi connectivity index (χ0) is 14.7. The van der Waals surface area contributed by atoms with Crippen LogP contribution in [0.25, 0.3) is 0 Å². The maximum Gasteiger partial charge on any atom is 0.0710 e. The molecule has 2 heterocycles. The summed E-state index contributed by atoms with van der Waals surface area (Å²) < 4.78 is 3.08. The molecule has 0 aromatic carbocycles. The minimum absolute atomic E-state index is 0.0241. The van der Waals surface area contributed by atoms with Crippen LogP contribution in [0.2, 0.25) is 0 Å². The molecule has 20 heavy (non-hydrogen) atoms. The highest BCUT2D eigenvalue weighted by molar-refractivity contribution is 9.10. The molecule has 0 spiro atoms. The van der Waals surface area contributed by atoms with Gasteiger partial charge < -0.3 is 15.5 Å². The highest BCUT2D eigenvalue weighted by atomic mass is 79.9. The van der Waals surface area contributed by atoms with Gasteiger partial charge in [-0.05, 0) is 56.0 Å². The second kappa shape index (κ2) is 7.02. The third-order valence-electron chi connectivity index (χ3n) is 4.11. The van der Waals surface area contributed by atoms with Gasteiger partial charge in [0, 0.05) is 19.1 Å². The lowest BCUT2D eigenvalue weighted by Gasteiger charge is -2.32.